The van der Waals surface area contributed by atoms with Crippen molar-refractivity contribution in [2.24, 2.45) is 5.92 Å². The number of carbonyl (C=O) groups is 1. The highest BCUT2D eigenvalue weighted by Crippen LogP contribution is 2.28. The third-order valence-corrected chi connectivity index (χ3v) is 3.82. The zero-order chi connectivity index (χ0) is 14.8. The highest BCUT2D eigenvalue weighted by molar-refractivity contribution is 5.77. The summed E-state index contributed by atoms with van der Waals surface area (Å²) in [7, 11) is 0. The average molecular weight is 278 g/mol. The number of aliphatic hydroxyl groups is 1. The maximum absolute atomic E-state index is 11.9. The number of likely N-dealkylation sites (tertiary alicyclic amines) is 1. The predicted molar refractivity (Wildman–Crippen MR) is 77.3 cm³/mol. The third-order valence-electron chi connectivity index (χ3n) is 3.82. The molecule has 0 unspecified atom stereocenters. The number of nitrogens with two attached hydrogens (primary N) is 1. The summed E-state index contributed by atoms with van der Waals surface area (Å²) in [5.41, 5.74) is 5.55. The van der Waals surface area contributed by atoms with Crippen LogP contribution in [0.5, 0.6) is 5.75 Å². The number of β-amino-alcohol motifs (C(OH)–C–C–N with tert-alkyl or cyclic N) is 1. The van der Waals surface area contributed by atoms with Crippen LogP contribution in [0.4, 0.5) is 5.69 Å². The summed E-state index contributed by atoms with van der Waals surface area (Å²) < 4.78 is 5.48. The number of rotatable bonds is 5. The molecule has 0 bridgehead atoms. The molecule has 0 aliphatic carbocycles. The molecule has 5 nitrogen and oxygen atoms in total. The van der Waals surface area contributed by atoms with Crippen molar-refractivity contribution in [2.75, 3.05) is 25.4 Å². The molecule has 20 heavy (non-hydrogen) atoms. The van der Waals surface area contributed by atoms with Gasteiger partial charge in [0, 0.05) is 5.69 Å². The summed E-state index contributed by atoms with van der Waals surface area (Å²) in [6.07, 6.45) is 0.318. The van der Waals surface area contributed by atoms with Crippen molar-refractivity contribution in [3.8, 4) is 5.75 Å². The lowest BCUT2D eigenvalue weighted by Gasteiger charge is -2.49. The van der Waals surface area contributed by atoms with Crippen molar-refractivity contribution in [3.63, 3.8) is 0 Å². The first-order chi connectivity index (χ1) is 9.40. The van der Waals surface area contributed by atoms with Crippen molar-refractivity contribution >= 4 is 11.6 Å². The minimum absolute atomic E-state index is 0.0192. The zero-order valence-electron chi connectivity index (χ0n) is 12.0. The second kappa shape index (κ2) is 5.71. The van der Waals surface area contributed by atoms with Crippen molar-refractivity contribution in [2.45, 2.75) is 25.9 Å². The Morgan fingerprint density at radius 1 is 1.40 bits per heavy atom. The largest absolute Gasteiger partial charge is 0.493 e. The maximum atomic E-state index is 11.9. The van der Waals surface area contributed by atoms with E-state index in [4.69, 9.17) is 10.5 Å². The first-order valence-electron chi connectivity index (χ1n) is 6.89. The van der Waals surface area contributed by atoms with E-state index in [9.17, 15) is 9.90 Å². The molecule has 110 valence electrons. The average Bonchev–Trinajstić information content (AvgIpc) is 2.37. The Kier molecular flexibility index (Phi) is 4.18. The lowest BCUT2D eigenvalue weighted by molar-refractivity contribution is -0.164. The van der Waals surface area contributed by atoms with E-state index in [0.717, 1.165) is 0 Å². The summed E-state index contributed by atoms with van der Waals surface area (Å²) in [6, 6.07) is 7.08. The molecule has 3 N–H and O–H groups in total. The van der Waals surface area contributed by atoms with Crippen LogP contribution in [0.25, 0.3) is 0 Å². The number of hydrogen-bond acceptors (Lipinski definition) is 4. The number of ether oxygens (including phenoxy) is 1. The quantitative estimate of drug-likeness (QED) is 0.795. The van der Waals surface area contributed by atoms with Crippen LogP contribution in [0, 0.1) is 5.92 Å². The fraction of sp³-hybridized carbons (Fsp3) is 0.533. The summed E-state index contributed by atoms with van der Waals surface area (Å²) in [6.45, 7) is 5.11. The van der Waals surface area contributed by atoms with Crippen molar-refractivity contribution in [1.82, 2.24) is 4.90 Å². The van der Waals surface area contributed by atoms with Crippen LogP contribution in [0.15, 0.2) is 24.3 Å². The highest BCUT2D eigenvalue weighted by atomic mass is 16.5. The first kappa shape index (κ1) is 14.7. The number of hydrogen-bond donors (Lipinski definition) is 2. The van der Waals surface area contributed by atoms with Crippen LogP contribution in [0.2, 0.25) is 0 Å². The van der Waals surface area contributed by atoms with Gasteiger partial charge in [-0.3, -0.25) is 4.79 Å². The minimum atomic E-state index is -0.715. The van der Waals surface area contributed by atoms with Gasteiger partial charge in [-0.05, 0) is 30.2 Å². The van der Waals surface area contributed by atoms with Crippen LogP contribution in [-0.4, -0.2) is 41.2 Å². The van der Waals surface area contributed by atoms with Gasteiger partial charge in [0.25, 0.3) is 0 Å². The summed E-state index contributed by atoms with van der Waals surface area (Å²) in [5, 5.41) is 10.1. The van der Waals surface area contributed by atoms with E-state index in [1.165, 1.54) is 0 Å². The predicted octanol–water partition coefficient (Wildman–Crippen LogP) is 1.27. The summed E-state index contributed by atoms with van der Waals surface area (Å²) in [4.78, 5) is 13.6. The summed E-state index contributed by atoms with van der Waals surface area (Å²) >= 11 is 0. The highest BCUT2D eigenvalue weighted by Gasteiger charge is 2.45. The zero-order valence-corrected chi connectivity index (χ0v) is 12.0. The first-order valence-corrected chi connectivity index (χ1v) is 6.89. The minimum Gasteiger partial charge on any atom is -0.493 e. The van der Waals surface area contributed by atoms with Crippen molar-refractivity contribution in [3.05, 3.63) is 24.3 Å². The van der Waals surface area contributed by atoms with Gasteiger partial charge in [0.15, 0.2) is 0 Å². The number of anilines is 1. The van der Waals surface area contributed by atoms with Gasteiger partial charge in [0.1, 0.15) is 11.4 Å². The molecule has 0 aromatic heterocycles. The topological polar surface area (TPSA) is 75.8 Å². The molecular weight excluding hydrogens is 256 g/mol. The fourth-order valence-electron chi connectivity index (χ4n) is 2.13. The van der Waals surface area contributed by atoms with Crippen LogP contribution < -0.4 is 10.5 Å². The van der Waals surface area contributed by atoms with Gasteiger partial charge < -0.3 is 20.5 Å². The number of nitrogen functional groups attached to an aromatic ring is 1. The third kappa shape index (κ3) is 3.22. The van der Waals surface area contributed by atoms with E-state index >= 15 is 0 Å². The van der Waals surface area contributed by atoms with Crippen molar-refractivity contribution < 1.29 is 14.6 Å². The molecule has 0 saturated carbocycles. The molecule has 0 atom stereocenters. The molecular formula is C15H22N2O3. The maximum Gasteiger partial charge on any atom is 0.226 e. The van der Waals surface area contributed by atoms with Gasteiger partial charge >= 0.3 is 0 Å². The van der Waals surface area contributed by atoms with Gasteiger partial charge in [0.2, 0.25) is 5.91 Å². The monoisotopic (exact) mass is 278 g/mol. The molecule has 5 heteroatoms. The Morgan fingerprint density at radius 2 is 2.00 bits per heavy atom. The number of nitrogens with zero attached hydrogens (tertiary/aromatic N) is 1. The Labute approximate surface area is 119 Å². The normalized spacial score (nSPS) is 16.9. The molecule has 1 fully saturated rings. The number of carbonyl (C=O) groups excluding carboxylic acids is 1. The second-order valence-corrected chi connectivity index (χ2v) is 5.68. The van der Waals surface area contributed by atoms with E-state index in [1.807, 2.05) is 13.8 Å². The number of benzene rings is 1. The van der Waals surface area contributed by atoms with Crippen LogP contribution in [0.3, 0.4) is 0 Å². The van der Waals surface area contributed by atoms with E-state index in [1.54, 1.807) is 29.2 Å². The standard InChI is InChI=1S/C15H22N2O3/c1-11(2)15(19)9-17(10-15)14(18)7-8-20-13-5-3-12(16)4-6-13/h3-6,11,19H,7-10,16H2,1-2H3. The SMILES string of the molecule is CC(C)C1(O)CN(C(=O)CCOc2ccc(N)cc2)C1. The fourth-order valence-corrected chi connectivity index (χ4v) is 2.13. The van der Waals surface area contributed by atoms with Gasteiger partial charge in [-0.1, -0.05) is 13.8 Å². The van der Waals surface area contributed by atoms with Crippen LogP contribution in [0.1, 0.15) is 20.3 Å². The molecule has 1 saturated heterocycles. The van der Waals surface area contributed by atoms with Crippen LogP contribution >= 0.6 is 0 Å². The van der Waals surface area contributed by atoms with Gasteiger partial charge in [0.05, 0.1) is 26.1 Å². The molecule has 2 rings (SSSR count). The Morgan fingerprint density at radius 3 is 2.55 bits per heavy atom. The van der Waals surface area contributed by atoms with Crippen molar-refractivity contribution in [1.29, 1.82) is 0 Å². The van der Waals surface area contributed by atoms with Crippen LogP contribution in [-0.2, 0) is 4.79 Å². The molecule has 1 aliphatic heterocycles. The number of amides is 1. The lowest BCUT2D eigenvalue weighted by Crippen LogP contribution is -2.66. The van der Waals surface area contributed by atoms with Gasteiger partial charge in [-0.2, -0.15) is 0 Å². The Balaban J connectivity index is 1.70. The molecule has 1 amide bonds. The molecule has 1 aliphatic rings. The molecule has 0 spiro atoms. The summed E-state index contributed by atoms with van der Waals surface area (Å²) in [5.74, 6) is 0.887. The lowest BCUT2D eigenvalue weighted by atomic mass is 9.83. The van der Waals surface area contributed by atoms with E-state index in [2.05, 4.69) is 0 Å². The molecule has 1 heterocycles. The molecule has 1 aromatic rings. The van der Waals surface area contributed by atoms with Gasteiger partial charge in [-0.25, -0.2) is 0 Å². The van der Waals surface area contributed by atoms with Gasteiger partial charge in [-0.15, -0.1) is 0 Å². The van der Waals surface area contributed by atoms with E-state index < -0.39 is 5.60 Å². The van der Waals surface area contributed by atoms with E-state index in [-0.39, 0.29) is 11.8 Å². The Hall–Kier alpha value is -1.75. The molecule has 0 radical (unpaired) electrons. The molecule has 1 aromatic carbocycles. The smallest absolute Gasteiger partial charge is 0.226 e. The van der Waals surface area contributed by atoms with E-state index in [0.29, 0.717) is 37.6 Å². The Bertz CT molecular complexity index is 465. The second-order valence-electron chi connectivity index (χ2n) is 5.68.